The van der Waals surface area contributed by atoms with Crippen molar-refractivity contribution in [3.63, 3.8) is 0 Å². The Balaban J connectivity index is 2.11. The summed E-state index contributed by atoms with van der Waals surface area (Å²) >= 11 is 1.64. The molecule has 0 aromatic carbocycles. The SMILES string of the molecule is CCS(=O)(=O)N(CCc1cccs1)Cc1ocnc1C. The van der Waals surface area contributed by atoms with Crippen molar-refractivity contribution in [3.05, 3.63) is 40.2 Å². The summed E-state index contributed by atoms with van der Waals surface area (Å²) in [6, 6.07) is 3.99. The van der Waals surface area contributed by atoms with Gasteiger partial charge in [0, 0.05) is 11.4 Å². The molecule has 20 heavy (non-hydrogen) atoms. The molecule has 0 radical (unpaired) electrons. The van der Waals surface area contributed by atoms with E-state index in [0.29, 0.717) is 18.7 Å². The van der Waals surface area contributed by atoms with Crippen LogP contribution < -0.4 is 0 Å². The molecular formula is C13H18N2O3S2. The second-order valence-electron chi connectivity index (χ2n) is 4.42. The fraction of sp³-hybridized carbons (Fsp3) is 0.462. The zero-order chi connectivity index (χ0) is 14.6. The third-order valence-corrected chi connectivity index (χ3v) is 5.87. The standard InChI is InChI=1S/C13H18N2O3S2/c1-3-20(16,17)15(7-6-12-5-4-8-19-12)9-13-11(2)14-10-18-13/h4-5,8,10H,3,6-7,9H2,1-2H3. The summed E-state index contributed by atoms with van der Waals surface area (Å²) < 4.78 is 31.1. The van der Waals surface area contributed by atoms with E-state index in [1.165, 1.54) is 15.6 Å². The van der Waals surface area contributed by atoms with Crippen molar-refractivity contribution in [2.24, 2.45) is 0 Å². The number of sulfonamides is 1. The van der Waals surface area contributed by atoms with Crippen LogP contribution in [0.2, 0.25) is 0 Å². The van der Waals surface area contributed by atoms with Crippen LogP contribution in [0.1, 0.15) is 23.3 Å². The second-order valence-corrected chi connectivity index (χ2v) is 7.71. The average Bonchev–Trinajstić information content (AvgIpc) is 3.06. The van der Waals surface area contributed by atoms with Gasteiger partial charge >= 0.3 is 0 Å². The minimum atomic E-state index is -3.26. The van der Waals surface area contributed by atoms with Crippen molar-refractivity contribution in [3.8, 4) is 0 Å². The molecule has 0 aliphatic heterocycles. The average molecular weight is 314 g/mol. The van der Waals surface area contributed by atoms with Gasteiger partial charge in [-0.3, -0.25) is 0 Å². The van der Waals surface area contributed by atoms with Crippen LogP contribution in [0.5, 0.6) is 0 Å². The molecule has 0 unspecified atom stereocenters. The van der Waals surface area contributed by atoms with Gasteiger partial charge in [0.1, 0.15) is 5.76 Å². The van der Waals surface area contributed by atoms with Crippen molar-refractivity contribution in [1.29, 1.82) is 0 Å². The van der Waals surface area contributed by atoms with Crippen LogP contribution in [0.15, 0.2) is 28.3 Å². The number of aryl methyl sites for hydroxylation is 1. The summed E-state index contributed by atoms with van der Waals surface area (Å²) in [4.78, 5) is 5.18. The summed E-state index contributed by atoms with van der Waals surface area (Å²) in [7, 11) is -3.26. The topological polar surface area (TPSA) is 63.4 Å². The third-order valence-electron chi connectivity index (χ3n) is 3.11. The van der Waals surface area contributed by atoms with Crippen molar-refractivity contribution in [2.45, 2.75) is 26.8 Å². The predicted molar refractivity (Wildman–Crippen MR) is 79.1 cm³/mol. The Hall–Kier alpha value is -1.18. The highest BCUT2D eigenvalue weighted by Gasteiger charge is 2.22. The maximum Gasteiger partial charge on any atom is 0.214 e. The van der Waals surface area contributed by atoms with E-state index in [1.807, 2.05) is 24.4 Å². The number of oxazole rings is 1. The minimum absolute atomic E-state index is 0.0879. The normalized spacial score (nSPS) is 12.2. The van der Waals surface area contributed by atoms with Crippen LogP contribution in [0, 0.1) is 6.92 Å². The van der Waals surface area contributed by atoms with Gasteiger partial charge in [-0.2, -0.15) is 4.31 Å². The first-order valence-corrected chi connectivity index (χ1v) is 8.91. The van der Waals surface area contributed by atoms with E-state index in [0.717, 1.165) is 5.69 Å². The van der Waals surface area contributed by atoms with E-state index in [4.69, 9.17) is 4.42 Å². The summed E-state index contributed by atoms with van der Waals surface area (Å²) in [6.45, 7) is 4.17. The molecule has 0 bridgehead atoms. The van der Waals surface area contributed by atoms with Gasteiger partial charge in [0.05, 0.1) is 18.0 Å². The zero-order valence-corrected chi connectivity index (χ0v) is 13.2. The fourth-order valence-electron chi connectivity index (χ4n) is 1.83. The van der Waals surface area contributed by atoms with Crippen molar-refractivity contribution in [2.75, 3.05) is 12.3 Å². The van der Waals surface area contributed by atoms with Gasteiger partial charge in [-0.05, 0) is 31.7 Å². The smallest absolute Gasteiger partial charge is 0.214 e. The Bertz CT molecular complexity index is 632. The molecule has 2 rings (SSSR count). The van der Waals surface area contributed by atoms with Gasteiger partial charge in [-0.15, -0.1) is 11.3 Å². The van der Waals surface area contributed by atoms with Crippen LogP contribution in [0.25, 0.3) is 0 Å². The van der Waals surface area contributed by atoms with E-state index >= 15 is 0 Å². The Morgan fingerprint density at radius 3 is 2.80 bits per heavy atom. The lowest BCUT2D eigenvalue weighted by atomic mass is 10.3. The molecule has 2 heterocycles. The largest absolute Gasteiger partial charge is 0.447 e. The number of rotatable bonds is 7. The molecule has 0 fully saturated rings. The molecule has 2 aromatic rings. The predicted octanol–water partition coefficient (Wildman–Crippen LogP) is 2.44. The van der Waals surface area contributed by atoms with Crippen LogP contribution in [-0.4, -0.2) is 30.0 Å². The lowest BCUT2D eigenvalue weighted by Crippen LogP contribution is -2.33. The summed E-state index contributed by atoms with van der Waals surface area (Å²) in [5.41, 5.74) is 0.734. The van der Waals surface area contributed by atoms with Gasteiger partial charge in [-0.1, -0.05) is 6.07 Å². The second kappa shape index (κ2) is 6.51. The Morgan fingerprint density at radius 1 is 1.45 bits per heavy atom. The Morgan fingerprint density at radius 2 is 2.25 bits per heavy atom. The lowest BCUT2D eigenvalue weighted by Gasteiger charge is -2.20. The molecule has 110 valence electrons. The highest BCUT2D eigenvalue weighted by molar-refractivity contribution is 7.89. The van der Waals surface area contributed by atoms with Gasteiger partial charge < -0.3 is 4.42 Å². The molecule has 0 aliphatic carbocycles. The molecule has 0 spiro atoms. The van der Waals surface area contributed by atoms with Crippen LogP contribution in [0.3, 0.4) is 0 Å². The first-order chi connectivity index (χ1) is 9.53. The molecule has 0 saturated heterocycles. The molecular weight excluding hydrogens is 296 g/mol. The lowest BCUT2D eigenvalue weighted by molar-refractivity contribution is 0.365. The molecule has 0 atom stereocenters. The Labute approximate surface area is 123 Å². The molecule has 0 aliphatic rings. The first-order valence-electron chi connectivity index (χ1n) is 6.42. The quantitative estimate of drug-likeness (QED) is 0.787. The van der Waals surface area contributed by atoms with E-state index in [1.54, 1.807) is 18.3 Å². The number of nitrogens with zero attached hydrogens (tertiary/aromatic N) is 2. The maximum atomic E-state index is 12.2. The van der Waals surface area contributed by atoms with Crippen molar-refractivity contribution < 1.29 is 12.8 Å². The molecule has 5 nitrogen and oxygen atoms in total. The van der Waals surface area contributed by atoms with Gasteiger partial charge in [0.15, 0.2) is 6.39 Å². The highest BCUT2D eigenvalue weighted by atomic mass is 32.2. The third kappa shape index (κ3) is 3.68. The Kier molecular flexibility index (Phi) is 4.95. The molecule has 2 aromatic heterocycles. The summed E-state index contributed by atoms with van der Waals surface area (Å²) in [5, 5.41) is 1.99. The maximum absolute atomic E-state index is 12.2. The highest BCUT2D eigenvalue weighted by Crippen LogP contribution is 2.16. The summed E-state index contributed by atoms with van der Waals surface area (Å²) in [5.74, 6) is 0.693. The molecule has 0 N–H and O–H groups in total. The number of hydrogen-bond acceptors (Lipinski definition) is 5. The van der Waals surface area contributed by atoms with E-state index in [-0.39, 0.29) is 12.3 Å². The van der Waals surface area contributed by atoms with E-state index < -0.39 is 10.0 Å². The summed E-state index contributed by atoms with van der Waals surface area (Å²) in [6.07, 6.45) is 2.06. The van der Waals surface area contributed by atoms with E-state index in [9.17, 15) is 8.42 Å². The molecule has 7 heteroatoms. The molecule has 0 amide bonds. The van der Waals surface area contributed by atoms with Crippen molar-refractivity contribution >= 4 is 21.4 Å². The fourth-order valence-corrected chi connectivity index (χ4v) is 3.57. The van der Waals surface area contributed by atoms with E-state index in [2.05, 4.69) is 4.98 Å². The monoisotopic (exact) mass is 314 g/mol. The first kappa shape index (κ1) is 15.2. The van der Waals surface area contributed by atoms with Gasteiger partial charge in [0.25, 0.3) is 0 Å². The molecule has 0 saturated carbocycles. The number of hydrogen-bond donors (Lipinski definition) is 0. The van der Waals surface area contributed by atoms with Crippen molar-refractivity contribution in [1.82, 2.24) is 9.29 Å². The minimum Gasteiger partial charge on any atom is -0.447 e. The number of aromatic nitrogens is 1. The van der Waals surface area contributed by atoms with Gasteiger partial charge in [-0.25, -0.2) is 13.4 Å². The van der Waals surface area contributed by atoms with Gasteiger partial charge in [0.2, 0.25) is 10.0 Å². The number of thiophene rings is 1. The van der Waals surface area contributed by atoms with Crippen LogP contribution >= 0.6 is 11.3 Å². The van der Waals surface area contributed by atoms with Crippen LogP contribution in [-0.2, 0) is 23.0 Å². The van der Waals surface area contributed by atoms with Crippen LogP contribution in [0.4, 0.5) is 0 Å². The zero-order valence-electron chi connectivity index (χ0n) is 11.6.